The van der Waals surface area contributed by atoms with Crippen LogP contribution in [0.1, 0.15) is 87.8 Å². The second kappa shape index (κ2) is 13.3. The third-order valence-electron chi connectivity index (χ3n) is 6.32. The van der Waals surface area contributed by atoms with E-state index < -0.39 is 5.97 Å². The van der Waals surface area contributed by atoms with Crippen LogP contribution < -0.4 is 15.0 Å². The summed E-state index contributed by atoms with van der Waals surface area (Å²) in [6, 6.07) is 13.7. The second-order valence-corrected chi connectivity index (χ2v) is 10.3. The molecule has 1 atom stereocenters. The van der Waals surface area contributed by atoms with E-state index in [1.807, 2.05) is 20.8 Å². The summed E-state index contributed by atoms with van der Waals surface area (Å²) in [5, 5.41) is 3.31. The summed E-state index contributed by atoms with van der Waals surface area (Å²) in [5.41, 5.74) is 3.59. The number of para-hydroxylation sites is 1. The second-order valence-electron chi connectivity index (χ2n) is 10.3. The van der Waals surface area contributed by atoms with Gasteiger partial charge < -0.3 is 19.7 Å². The molecule has 1 saturated heterocycles. The molecule has 1 fully saturated rings. The van der Waals surface area contributed by atoms with E-state index in [1.54, 1.807) is 18.2 Å². The molecule has 1 aliphatic heterocycles. The largest absolute Gasteiger partial charge is 0.493 e. The first-order chi connectivity index (χ1) is 17.3. The fourth-order valence-corrected chi connectivity index (χ4v) is 4.77. The molecule has 0 bridgehead atoms. The van der Waals surface area contributed by atoms with Gasteiger partial charge in [0.25, 0.3) is 0 Å². The molecule has 6 heteroatoms. The maximum atomic E-state index is 13.2. The maximum Gasteiger partial charge on any atom is 0.342 e. The Morgan fingerprint density at radius 2 is 1.72 bits per heavy atom. The van der Waals surface area contributed by atoms with Gasteiger partial charge in [-0.2, -0.15) is 0 Å². The first kappa shape index (κ1) is 27.6. The number of ether oxygens (including phenoxy) is 2. The minimum atomic E-state index is -0.421. The Kier molecular flexibility index (Phi) is 10.2. The molecule has 0 radical (unpaired) electrons. The number of carbonyl (C=O) groups is 2. The maximum absolute atomic E-state index is 13.2. The summed E-state index contributed by atoms with van der Waals surface area (Å²) in [4.78, 5) is 28.2. The number of carbonyl (C=O) groups excluding carboxylic acids is 2. The number of hydrogen-bond donors (Lipinski definition) is 1. The highest BCUT2D eigenvalue weighted by molar-refractivity contribution is 5.93. The Morgan fingerprint density at radius 3 is 2.39 bits per heavy atom. The third-order valence-corrected chi connectivity index (χ3v) is 6.32. The van der Waals surface area contributed by atoms with Crippen molar-refractivity contribution in [2.75, 3.05) is 24.6 Å². The van der Waals surface area contributed by atoms with Crippen LogP contribution in [0.3, 0.4) is 0 Å². The van der Waals surface area contributed by atoms with Gasteiger partial charge in [0.2, 0.25) is 5.91 Å². The fraction of sp³-hybridized carbons (Fsp3) is 0.533. The molecule has 0 unspecified atom stereocenters. The molecule has 0 spiro atoms. The molecule has 2 aromatic carbocycles. The van der Waals surface area contributed by atoms with Crippen LogP contribution in [0.5, 0.6) is 5.75 Å². The van der Waals surface area contributed by atoms with Gasteiger partial charge in [0.1, 0.15) is 11.3 Å². The predicted molar refractivity (Wildman–Crippen MR) is 145 cm³/mol. The number of nitrogens with zero attached hydrogens (tertiary/aromatic N) is 1. The monoisotopic (exact) mass is 494 g/mol. The Bertz CT molecular complexity index is 1010. The highest BCUT2D eigenvalue weighted by Gasteiger charge is 2.23. The van der Waals surface area contributed by atoms with E-state index >= 15 is 0 Å². The van der Waals surface area contributed by atoms with Crippen LogP contribution in [0.15, 0.2) is 42.5 Å². The normalized spacial score (nSPS) is 14.6. The molecule has 36 heavy (non-hydrogen) atoms. The standard InChI is InChI=1S/C30H42N2O4/c1-6-35-28-19-23(14-15-25(28)30(34)36-22(4)5)20-29(33)31-26(18-21(2)3)24-12-8-9-13-27(24)32-16-10-7-11-17-32/h8-9,12-15,19,21-22,26H,6-7,10-11,16-18,20H2,1-5H3,(H,31,33)/t26-/m0/s1. The van der Waals surface area contributed by atoms with Crippen LogP contribution in [-0.4, -0.2) is 37.7 Å². The number of hydrogen-bond acceptors (Lipinski definition) is 5. The Hall–Kier alpha value is -3.02. The SMILES string of the molecule is CCOc1cc(CC(=O)N[C@@H](CC(C)C)c2ccccc2N2CCCCC2)ccc1C(=O)OC(C)C. The first-order valence-electron chi connectivity index (χ1n) is 13.4. The lowest BCUT2D eigenvalue weighted by Gasteiger charge is -2.33. The number of rotatable bonds is 11. The van der Waals surface area contributed by atoms with E-state index in [1.165, 1.54) is 30.5 Å². The highest BCUT2D eigenvalue weighted by Crippen LogP contribution is 2.32. The van der Waals surface area contributed by atoms with E-state index in [0.717, 1.165) is 25.1 Å². The smallest absolute Gasteiger partial charge is 0.342 e. The molecule has 1 heterocycles. The minimum absolute atomic E-state index is 0.0472. The molecule has 0 aromatic heterocycles. The van der Waals surface area contributed by atoms with Crippen molar-refractivity contribution in [3.8, 4) is 5.75 Å². The Balaban J connectivity index is 1.79. The van der Waals surface area contributed by atoms with Gasteiger partial charge in [-0.25, -0.2) is 4.79 Å². The van der Waals surface area contributed by atoms with E-state index in [-0.39, 0.29) is 24.5 Å². The van der Waals surface area contributed by atoms with Crippen molar-refractivity contribution in [3.05, 3.63) is 59.2 Å². The van der Waals surface area contributed by atoms with E-state index in [2.05, 4.69) is 48.3 Å². The highest BCUT2D eigenvalue weighted by atomic mass is 16.5. The summed E-state index contributed by atoms with van der Waals surface area (Å²) in [5.74, 6) is 0.410. The predicted octanol–water partition coefficient (Wildman–Crippen LogP) is 6.09. The molecule has 196 valence electrons. The quantitative estimate of drug-likeness (QED) is 0.383. The minimum Gasteiger partial charge on any atom is -0.493 e. The molecule has 1 N–H and O–H groups in total. The fourth-order valence-electron chi connectivity index (χ4n) is 4.77. The van der Waals surface area contributed by atoms with Gasteiger partial charge in [-0.05, 0) is 81.7 Å². The summed E-state index contributed by atoms with van der Waals surface area (Å²) in [6.45, 7) is 12.4. The Labute approximate surface area is 216 Å². The van der Waals surface area contributed by atoms with Crippen LogP contribution in [0, 0.1) is 5.92 Å². The van der Waals surface area contributed by atoms with Crippen LogP contribution in [-0.2, 0) is 16.0 Å². The van der Waals surface area contributed by atoms with Crippen molar-refractivity contribution >= 4 is 17.6 Å². The van der Waals surface area contributed by atoms with E-state index in [4.69, 9.17) is 9.47 Å². The third kappa shape index (κ3) is 7.74. The van der Waals surface area contributed by atoms with Gasteiger partial charge in [-0.1, -0.05) is 38.1 Å². The van der Waals surface area contributed by atoms with Crippen molar-refractivity contribution in [2.45, 2.75) is 78.9 Å². The van der Waals surface area contributed by atoms with Crippen molar-refractivity contribution in [2.24, 2.45) is 5.92 Å². The lowest BCUT2D eigenvalue weighted by atomic mass is 9.94. The van der Waals surface area contributed by atoms with Crippen molar-refractivity contribution in [3.63, 3.8) is 0 Å². The van der Waals surface area contributed by atoms with Gasteiger partial charge in [0.15, 0.2) is 0 Å². The molecule has 0 aliphatic carbocycles. The Morgan fingerprint density at radius 1 is 1.00 bits per heavy atom. The summed E-state index contributed by atoms with van der Waals surface area (Å²) in [6.07, 6.45) is 4.54. The topological polar surface area (TPSA) is 67.9 Å². The van der Waals surface area contributed by atoms with Crippen LogP contribution in [0.25, 0.3) is 0 Å². The van der Waals surface area contributed by atoms with Crippen molar-refractivity contribution in [1.82, 2.24) is 5.32 Å². The molecule has 6 nitrogen and oxygen atoms in total. The van der Waals surface area contributed by atoms with Gasteiger partial charge >= 0.3 is 5.97 Å². The van der Waals surface area contributed by atoms with E-state index in [0.29, 0.717) is 23.8 Å². The van der Waals surface area contributed by atoms with E-state index in [9.17, 15) is 9.59 Å². The van der Waals surface area contributed by atoms with Gasteiger partial charge in [0.05, 0.1) is 25.2 Å². The molecule has 0 saturated carbocycles. The molecule has 2 aromatic rings. The molecular weight excluding hydrogens is 452 g/mol. The number of anilines is 1. The molecular formula is C30H42N2O4. The average molecular weight is 495 g/mol. The molecule has 1 aliphatic rings. The first-order valence-corrected chi connectivity index (χ1v) is 13.4. The number of amides is 1. The van der Waals surface area contributed by atoms with Crippen LogP contribution >= 0.6 is 0 Å². The zero-order chi connectivity index (χ0) is 26.1. The van der Waals surface area contributed by atoms with Crippen molar-refractivity contribution < 1.29 is 19.1 Å². The molecule has 1 amide bonds. The summed E-state index contributed by atoms with van der Waals surface area (Å²) in [7, 11) is 0. The lowest BCUT2D eigenvalue weighted by molar-refractivity contribution is -0.121. The summed E-state index contributed by atoms with van der Waals surface area (Å²) >= 11 is 0. The molecule has 3 rings (SSSR count). The van der Waals surface area contributed by atoms with Crippen molar-refractivity contribution in [1.29, 1.82) is 0 Å². The number of piperidine rings is 1. The number of nitrogens with one attached hydrogen (secondary N) is 1. The summed E-state index contributed by atoms with van der Waals surface area (Å²) < 4.78 is 11.1. The lowest BCUT2D eigenvalue weighted by Crippen LogP contribution is -2.34. The zero-order valence-electron chi connectivity index (χ0n) is 22.5. The van der Waals surface area contributed by atoms with Gasteiger partial charge in [0, 0.05) is 18.8 Å². The van der Waals surface area contributed by atoms with Crippen LogP contribution in [0.4, 0.5) is 5.69 Å². The zero-order valence-corrected chi connectivity index (χ0v) is 22.5. The van der Waals surface area contributed by atoms with Gasteiger partial charge in [-0.3, -0.25) is 4.79 Å². The number of benzene rings is 2. The van der Waals surface area contributed by atoms with Crippen LogP contribution in [0.2, 0.25) is 0 Å². The average Bonchev–Trinajstić information content (AvgIpc) is 2.84. The number of esters is 1. The van der Waals surface area contributed by atoms with Gasteiger partial charge in [-0.15, -0.1) is 0 Å².